The first-order valence-electron chi connectivity index (χ1n) is 9.63. The molecule has 1 saturated heterocycles. The van der Waals surface area contributed by atoms with E-state index in [0.717, 1.165) is 39.3 Å². The Morgan fingerprint density at radius 2 is 1.88 bits per heavy atom. The molecule has 0 aromatic heterocycles. The van der Waals surface area contributed by atoms with Crippen LogP contribution in [-0.2, 0) is 19.4 Å². The highest BCUT2D eigenvalue weighted by Gasteiger charge is 2.16. The summed E-state index contributed by atoms with van der Waals surface area (Å²) < 4.78 is 0. The van der Waals surface area contributed by atoms with E-state index >= 15 is 0 Å². The van der Waals surface area contributed by atoms with Gasteiger partial charge in [-0.3, -0.25) is 0 Å². The van der Waals surface area contributed by atoms with Crippen molar-refractivity contribution in [3.05, 3.63) is 34.9 Å². The number of hydrogen-bond donors (Lipinski definition) is 2. The van der Waals surface area contributed by atoms with Gasteiger partial charge in [0.15, 0.2) is 0 Å². The summed E-state index contributed by atoms with van der Waals surface area (Å²) in [6.07, 6.45) is 3.64. The van der Waals surface area contributed by atoms with Crippen LogP contribution in [0.25, 0.3) is 0 Å². The van der Waals surface area contributed by atoms with Crippen molar-refractivity contribution in [1.82, 2.24) is 20.4 Å². The van der Waals surface area contributed by atoms with E-state index < -0.39 is 0 Å². The molecule has 25 heavy (non-hydrogen) atoms. The van der Waals surface area contributed by atoms with Gasteiger partial charge in [0.2, 0.25) is 0 Å². The summed E-state index contributed by atoms with van der Waals surface area (Å²) in [5.41, 5.74) is 4.13. The number of hydrogen-bond acceptors (Lipinski definition) is 3. The van der Waals surface area contributed by atoms with Crippen LogP contribution in [0.3, 0.4) is 0 Å². The van der Waals surface area contributed by atoms with E-state index in [1.807, 2.05) is 0 Å². The summed E-state index contributed by atoms with van der Waals surface area (Å²) in [5.74, 6) is 0.467. The molecule has 5 nitrogen and oxygen atoms in total. The van der Waals surface area contributed by atoms with Gasteiger partial charge < -0.3 is 20.4 Å². The Kier molecular flexibility index (Phi) is 6.32. The van der Waals surface area contributed by atoms with Crippen LogP contribution >= 0.6 is 0 Å². The molecule has 0 spiro atoms. The molecule has 0 bridgehead atoms. The van der Waals surface area contributed by atoms with Gasteiger partial charge in [-0.05, 0) is 48.9 Å². The molecule has 2 amide bonds. The lowest BCUT2D eigenvalue weighted by molar-refractivity contribution is 0.138. The topological polar surface area (TPSA) is 47.6 Å². The lowest BCUT2D eigenvalue weighted by Gasteiger charge is -2.33. The van der Waals surface area contributed by atoms with Crippen molar-refractivity contribution >= 4 is 6.03 Å². The van der Waals surface area contributed by atoms with Crippen LogP contribution in [0.2, 0.25) is 0 Å². The quantitative estimate of drug-likeness (QED) is 0.828. The predicted octanol–water partition coefficient (Wildman–Crippen LogP) is 1.86. The molecular formula is C20H32N4O. The Morgan fingerprint density at radius 3 is 2.68 bits per heavy atom. The number of piperazine rings is 1. The molecule has 138 valence electrons. The number of benzene rings is 1. The van der Waals surface area contributed by atoms with E-state index in [1.165, 1.54) is 36.0 Å². The van der Waals surface area contributed by atoms with E-state index in [2.05, 4.69) is 52.6 Å². The molecule has 1 aromatic carbocycles. The standard InChI is InChI=1S/C20H32N4O/c1-16(15-24-10-8-23(2)9-11-24)13-21-20(25)22-14-17-6-7-18-4-3-5-19(18)12-17/h6-7,12,16H,3-5,8-11,13-15H2,1-2H3,(H2,21,22,25)/t16-/m0/s1. The maximum atomic E-state index is 12.0. The molecule has 0 saturated carbocycles. The van der Waals surface area contributed by atoms with Crippen LogP contribution in [0.15, 0.2) is 18.2 Å². The molecule has 0 radical (unpaired) electrons. The minimum atomic E-state index is -0.0641. The van der Waals surface area contributed by atoms with Gasteiger partial charge in [0, 0.05) is 45.8 Å². The minimum Gasteiger partial charge on any atom is -0.338 e. The third-order valence-corrected chi connectivity index (χ3v) is 5.39. The van der Waals surface area contributed by atoms with Crippen molar-refractivity contribution in [1.29, 1.82) is 0 Å². The largest absolute Gasteiger partial charge is 0.338 e. The lowest BCUT2D eigenvalue weighted by Crippen LogP contribution is -2.47. The van der Waals surface area contributed by atoms with Crippen molar-refractivity contribution in [2.45, 2.75) is 32.7 Å². The van der Waals surface area contributed by atoms with Crippen LogP contribution in [0.4, 0.5) is 4.79 Å². The highest BCUT2D eigenvalue weighted by molar-refractivity contribution is 5.73. The number of likely N-dealkylation sites (N-methyl/N-ethyl adjacent to an activating group) is 1. The smallest absolute Gasteiger partial charge is 0.315 e. The van der Waals surface area contributed by atoms with Crippen LogP contribution < -0.4 is 10.6 Å². The zero-order valence-corrected chi connectivity index (χ0v) is 15.7. The summed E-state index contributed by atoms with van der Waals surface area (Å²) in [4.78, 5) is 16.9. The summed E-state index contributed by atoms with van der Waals surface area (Å²) in [6, 6.07) is 6.54. The number of rotatable bonds is 6. The Balaban J connectivity index is 1.33. The third kappa shape index (κ3) is 5.44. The van der Waals surface area contributed by atoms with Crippen molar-refractivity contribution in [3.63, 3.8) is 0 Å². The maximum Gasteiger partial charge on any atom is 0.315 e. The summed E-state index contributed by atoms with van der Waals surface area (Å²) in [5, 5.41) is 6.00. The molecule has 2 aliphatic rings. The lowest BCUT2D eigenvalue weighted by atomic mass is 10.1. The first kappa shape index (κ1) is 18.2. The van der Waals surface area contributed by atoms with Crippen LogP contribution in [0, 0.1) is 5.92 Å². The molecule has 1 aliphatic carbocycles. The van der Waals surface area contributed by atoms with E-state index in [0.29, 0.717) is 12.5 Å². The van der Waals surface area contributed by atoms with E-state index in [9.17, 15) is 4.79 Å². The Morgan fingerprint density at radius 1 is 1.12 bits per heavy atom. The van der Waals surface area contributed by atoms with Crippen molar-refractivity contribution in [2.75, 3.05) is 46.3 Å². The molecule has 3 rings (SSSR count). The molecule has 0 unspecified atom stereocenters. The van der Waals surface area contributed by atoms with Gasteiger partial charge in [-0.2, -0.15) is 0 Å². The minimum absolute atomic E-state index is 0.0641. The van der Waals surface area contributed by atoms with Gasteiger partial charge in [-0.15, -0.1) is 0 Å². The number of carbonyl (C=O) groups excluding carboxylic acids is 1. The molecule has 1 heterocycles. The predicted molar refractivity (Wildman–Crippen MR) is 102 cm³/mol. The SMILES string of the molecule is C[C@@H](CNC(=O)NCc1ccc2c(c1)CCC2)CN1CCN(C)CC1. The van der Waals surface area contributed by atoms with E-state index in [-0.39, 0.29) is 6.03 Å². The monoisotopic (exact) mass is 344 g/mol. The van der Waals surface area contributed by atoms with E-state index in [1.54, 1.807) is 0 Å². The van der Waals surface area contributed by atoms with Crippen LogP contribution in [-0.4, -0.2) is 62.1 Å². The number of urea groups is 1. The molecular weight excluding hydrogens is 312 g/mol. The average molecular weight is 345 g/mol. The number of amides is 2. The van der Waals surface area contributed by atoms with Crippen molar-refractivity contribution in [3.8, 4) is 0 Å². The fourth-order valence-electron chi connectivity index (χ4n) is 3.78. The summed E-state index contributed by atoms with van der Waals surface area (Å²) in [7, 11) is 2.17. The molecule has 1 aliphatic heterocycles. The molecule has 1 aromatic rings. The van der Waals surface area contributed by atoms with Gasteiger partial charge in [-0.25, -0.2) is 4.79 Å². The van der Waals surface area contributed by atoms with Gasteiger partial charge in [0.25, 0.3) is 0 Å². The second kappa shape index (κ2) is 8.68. The second-order valence-electron chi connectivity index (χ2n) is 7.73. The van der Waals surface area contributed by atoms with Crippen LogP contribution in [0.5, 0.6) is 0 Å². The number of aryl methyl sites for hydroxylation is 2. The zero-order valence-electron chi connectivity index (χ0n) is 15.7. The average Bonchev–Trinajstić information content (AvgIpc) is 3.08. The number of nitrogens with one attached hydrogen (secondary N) is 2. The second-order valence-corrected chi connectivity index (χ2v) is 7.73. The third-order valence-electron chi connectivity index (χ3n) is 5.39. The van der Waals surface area contributed by atoms with Gasteiger partial charge in [-0.1, -0.05) is 25.1 Å². The molecule has 5 heteroatoms. The summed E-state index contributed by atoms with van der Waals surface area (Å²) >= 11 is 0. The molecule has 2 N–H and O–H groups in total. The Bertz CT molecular complexity index is 581. The highest BCUT2D eigenvalue weighted by Crippen LogP contribution is 2.22. The first-order chi connectivity index (χ1) is 12.1. The van der Waals surface area contributed by atoms with Gasteiger partial charge in [0.05, 0.1) is 0 Å². The normalized spacial score (nSPS) is 19.4. The Hall–Kier alpha value is -1.59. The first-order valence-corrected chi connectivity index (χ1v) is 9.63. The maximum absolute atomic E-state index is 12.0. The Labute approximate surface area is 151 Å². The number of fused-ring (bicyclic) bond motifs is 1. The highest BCUT2D eigenvalue weighted by atomic mass is 16.2. The number of carbonyl (C=O) groups is 1. The molecule has 1 atom stereocenters. The summed E-state index contributed by atoms with van der Waals surface area (Å²) in [6.45, 7) is 9.13. The zero-order chi connectivity index (χ0) is 17.6. The molecule has 1 fully saturated rings. The van der Waals surface area contributed by atoms with Gasteiger partial charge in [0.1, 0.15) is 0 Å². The fraction of sp³-hybridized carbons (Fsp3) is 0.650. The fourth-order valence-corrected chi connectivity index (χ4v) is 3.78. The van der Waals surface area contributed by atoms with Crippen molar-refractivity contribution < 1.29 is 4.79 Å². The van der Waals surface area contributed by atoms with Crippen LogP contribution in [0.1, 0.15) is 30.0 Å². The van der Waals surface area contributed by atoms with E-state index in [4.69, 9.17) is 0 Å². The van der Waals surface area contributed by atoms with Crippen molar-refractivity contribution in [2.24, 2.45) is 5.92 Å². The number of nitrogens with zero attached hydrogens (tertiary/aromatic N) is 2. The van der Waals surface area contributed by atoms with Gasteiger partial charge >= 0.3 is 6.03 Å².